The van der Waals surface area contributed by atoms with Gasteiger partial charge in [0.15, 0.2) is 0 Å². The van der Waals surface area contributed by atoms with E-state index in [-0.39, 0.29) is 12.1 Å². The van der Waals surface area contributed by atoms with E-state index in [0.717, 1.165) is 18.4 Å². The van der Waals surface area contributed by atoms with Crippen LogP contribution in [-0.4, -0.2) is 10.0 Å². The molecule has 0 saturated heterocycles. The van der Waals surface area contributed by atoms with Crippen molar-refractivity contribution in [3.8, 4) is 0 Å². The monoisotopic (exact) mass is 279 g/mol. The summed E-state index contributed by atoms with van der Waals surface area (Å²) in [6, 6.07) is 12.8. The molecule has 106 valence electrons. The molecule has 2 atom stereocenters. The first-order valence-corrected chi connectivity index (χ1v) is 7.24. The first-order valence-electron chi connectivity index (χ1n) is 7.24. The Labute approximate surface area is 123 Å². The van der Waals surface area contributed by atoms with E-state index in [2.05, 4.69) is 35.3 Å². The van der Waals surface area contributed by atoms with Gasteiger partial charge in [-0.05, 0) is 35.6 Å². The van der Waals surface area contributed by atoms with Crippen molar-refractivity contribution in [3.05, 3.63) is 77.4 Å². The van der Waals surface area contributed by atoms with Gasteiger partial charge in [0.1, 0.15) is 0 Å². The summed E-state index contributed by atoms with van der Waals surface area (Å²) in [5.41, 5.74) is 9.76. The Balaban J connectivity index is 1.69. The van der Waals surface area contributed by atoms with Crippen molar-refractivity contribution in [2.75, 3.05) is 0 Å². The van der Waals surface area contributed by atoms with Crippen molar-refractivity contribution in [2.45, 2.75) is 24.9 Å². The molecule has 0 amide bonds. The van der Waals surface area contributed by atoms with Crippen LogP contribution in [0.3, 0.4) is 0 Å². The number of aryl methyl sites for hydroxylation is 1. The SMILES string of the molecule is NC1=CC(c2cccnc2)N(C2CCc3ccccc32)O1. The predicted octanol–water partition coefficient (Wildman–Crippen LogP) is 2.86. The lowest BCUT2D eigenvalue weighted by molar-refractivity contribution is -0.153. The van der Waals surface area contributed by atoms with Crippen molar-refractivity contribution in [1.82, 2.24) is 10.0 Å². The number of rotatable bonds is 2. The molecule has 1 aliphatic heterocycles. The fourth-order valence-electron chi connectivity index (χ4n) is 3.29. The van der Waals surface area contributed by atoms with Crippen molar-refractivity contribution in [3.63, 3.8) is 0 Å². The summed E-state index contributed by atoms with van der Waals surface area (Å²) in [4.78, 5) is 10.0. The van der Waals surface area contributed by atoms with Crippen LogP contribution < -0.4 is 5.73 Å². The Hall–Kier alpha value is -2.33. The van der Waals surface area contributed by atoms with E-state index in [0.29, 0.717) is 5.88 Å². The molecule has 21 heavy (non-hydrogen) atoms. The number of pyridine rings is 1. The molecule has 2 unspecified atom stereocenters. The molecule has 4 heteroatoms. The van der Waals surface area contributed by atoms with Crippen molar-refractivity contribution < 1.29 is 4.84 Å². The summed E-state index contributed by atoms with van der Waals surface area (Å²) >= 11 is 0. The van der Waals surface area contributed by atoms with Crippen LogP contribution in [0.2, 0.25) is 0 Å². The van der Waals surface area contributed by atoms with Gasteiger partial charge in [0, 0.05) is 18.5 Å². The Morgan fingerprint density at radius 3 is 2.95 bits per heavy atom. The highest BCUT2D eigenvalue weighted by atomic mass is 16.7. The second kappa shape index (κ2) is 4.90. The maximum absolute atomic E-state index is 5.92. The largest absolute Gasteiger partial charge is 0.387 e. The van der Waals surface area contributed by atoms with Crippen LogP contribution in [0.15, 0.2) is 60.8 Å². The van der Waals surface area contributed by atoms with Gasteiger partial charge in [-0.3, -0.25) is 4.98 Å². The molecular weight excluding hydrogens is 262 g/mol. The third-order valence-electron chi connectivity index (χ3n) is 4.24. The van der Waals surface area contributed by atoms with Crippen LogP contribution >= 0.6 is 0 Å². The molecule has 0 radical (unpaired) electrons. The Morgan fingerprint density at radius 1 is 1.19 bits per heavy atom. The smallest absolute Gasteiger partial charge is 0.207 e. The molecule has 2 aliphatic rings. The number of benzene rings is 1. The highest BCUT2D eigenvalue weighted by molar-refractivity contribution is 5.35. The highest BCUT2D eigenvalue weighted by Crippen LogP contribution is 2.43. The van der Waals surface area contributed by atoms with Gasteiger partial charge in [0.05, 0.1) is 12.1 Å². The quantitative estimate of drug-likeness (QED) is 0.918. The maximum Gasteiger partial charge on any atom is 0.207 e. The topological polar surface area (TPSA) is 51.4 Å². The van der Waals surface area contributed by atoms with Gasteiger partial charge >= 0.3 is 0 Å². The number of nitrogens with zero attached hydrogens (tertiary/aromatic N) is 2. The van der Waals surface area contributed by atoms with E-state index in [9.17, 15) is 0 Å². The summed E-state index contributed by atoms with van der Waals surface area (Å²) in [5.74, 6) is 0.466. The third-order valence-corrected chi connectivity index (χ3v) is 4.24. The number of aromatic nitrogens is 1. The van der Waals surface area contributed by atoms with Gasteiger partial charge in [-0.25, -0.2) is 0 Å². The molecule has 4 nitrogen and oxygen atoms in total. The van der Waals surface area contributed by atoms with Crippen LogP contribution in [0.1, 0.15) is 35.2 Å². The molecule has 1 aromatic heterocycles. The van der Waals surface area contributed by atoms with Crippen LogP contribution in [0.4, 0.5) is 0 Å². The fourth-order valence-corrected chi connectivity index (χ4v) is 3.29. The number of fused-ring (bicyclic) bond motifs is 1. The number of hydrogen-bond donors (Lipinski definition) is 1. The summed E-state index contributed by atoms with van der Waals surface area (Å²) in [5, 5.41) is 2.01. The van der Waals surface area contributed by atoms with Crippen LogP contribution in [-0.2, 0) is 11.3 Å². The lowest BCUT2D eigenvalue weighted by Gasteiger charge is -2.29. The van der Waals surface area contributed by atoms with E-state index >= 15 is 0 Å². The predicted molar refractivity (Wildman–Crippen MR) is 79.7 cm³/mol. The first-order chi connectivity index (χ1) is 10.3. The highest BCUT2D eigenvalue weighted by Gasteiger charge is 2.37. The van der Waals surface area contributed by atoms with Gasteiger partial charge in [0.25, 0.3) is 0 Å². The van der Waals surface area contributed by atoms with Crippen molar-refractivity contribution in [2.24, 2.45) is 5.73 Å². The van der Waals surface area contributed by atoms with Crippen LogP contribution in [0, 0.1) is 0 Å². The zero-order valence-electron chi connectivity index (χ0n) is 11.6. The minimum absolute atomic E-state index is 0.0230. The zero-order chi connectivity index (χ0) is 14.2. The molecule has 0 fully saturated rings. The maximum atomic E-state index is 5.92. The minimum Gasteiger partial charge on any atom is -0.387 e. The summed E-state index contributed by atoms with van der Waals surface area (Å²) < 4.78 is 0. The summed E-state index contributed by atoms with van der Waals surface area (Å²) in [6.07, 6.45) is 7.74. The molecule has 0 bridgehead atoms. The molecule has 1 aromatic carbocycles. The fraction of sp³-hybridized carbons (Fsp3) is 0.235. The van der Waals surface area contributed by atoms with Gasteiger partial charge in [-0.15, -0.1) is 5.06 Å². The van der Waals surface area contributed by atoms with Gasteiger partial charge in [0.2, 0.25) is 5.88 Å². The van der Waals surface area contributed by atoms with E-state index in [1.165, 1.54) is 11.1 Å². The number of hydrogen-bond acceptors (Lipinski definition) is 4. The first kappa shape index (κ1) is 12.4. The lowest BCUT2D eigenvalue weighted by Crippen LogP contribution is -2.27. The second-order valence-electron chi connectivity index (χ2n) is 5.50. The average molecular weight is 279 g/mol. The van der Waals surface area contributed by atoms with E-state index < -0.39 is 0 Å². The van der Waals surface area contributed by atoms with E-state index in [1.54, 1.807) is 6.20 Å². The van der Waals surface area contributed by atoms with Gasteiger partial charge in [-0.2, -0.15) is 0 Å². The van der Waals surface area contributed by atoms with Crippen molar-refractivity contribution in [1.29, 1.82) is 0 Å². The number of hydroxylamine groups is 2. The second-order valence-corrected chi connectivity index (χ2v) is 5.50. The Morgan fingerprint density at radius 2 is 2.10 bits per heavy atom. The Bertz CT molecular complexity index is 683. The van der Waals surface area contributed by atoms with Crippen molar-refractivity contribution >= 4 is 0 Å². The minimum atomic E-state index is 0.0230. The molecule has 1 aliphatic carbocycles. The van der Waals surface area contributed by atoms with Gasteiger partial charge in [-0.1, -0.05) is 30.3 Å². The van der Waals surface area contributed by atoms with E-state index in [4.69, 9.17) is 10.6 Å². The summed E-state index contributed by atoms with van der Waals surface area (Å²) in [6.45, 7) is 0. The van der Waals surface area contributed by atoms with Crippen LogP contribution in [0.25, 0.3) is 0 Å². The van der Waals surface area contributed by atoms with Gasteiger partial charge < -0.3 is 10.6 Å². The Kier molecular flexibility index (Phi) is 2.89. The molecule has 2 N–H and O–H groups in total. The molecule has 0 spiro atoms. The summed E-state index contributed by atoms with van der Waals surface area (Å²) in [7, 11) is 0. The standard InChI is InChI=1S/C17H17N3O/c18-17-10-16(13-5-3-9-19-11-13)20(21-17)15-8-7-12-4-1-2-6-14(12)15/h1-6,9-11,15-16H,7-8,18H2. The molecular formula is C17H17N3O. The third kappa shape index (κ3) is 2.08. The van der Waals surface area contributed by atoms with Crippen LogP contribution in [0.5, 0.6) is 0 Å². The average Bonchev–Trinajstić information content (AvgIpc) is 3.11. The zero-order valence-corrected chi connectivity index (χ0v) is 11.6. The molecule has 4 rings (SSSR count). The van der Waals surface area contributed by atoms with E-state index in [1.807, 2.05) is 23.4 Å². The lowest BCUT2D eigenvalue weighted by atomic mass is 10.0. The normalized spacial score (nSPS) is 24.5. The molecule has 2 aromatic rings. The molecule has 0 saturated carbocycles. The number of nitrogens with two attached hydrogens (primary N) is 1. The molecule has 2 heterocycles.